The van der Waals surface area contributed by atoms with Crippen LogP contribution >= 0.6 is 11.3 Å². The third-order valence-electron chi connectivity index (χ3n) is 2.09. The number of hydrogen-bond donors (Lipinski definition) is 0. The molecular weight excluding hydrogens is 229 g/mol. The van der Waals surface area contributed by atoms with Crippen molar-refractivity contribution < 1.29 is 13.9 Å². The summed E-state index contributed by atoms with van der Waals surface area (Å²) in [6, 6.07) is 4.39. The monoisotopic (exact) mass is 237 g/mol. The van der Waals surface area contributed by atoms with Crippen molar-refractivity contribution in [1.29, 1.82) is 0 Å². The molecule has 0 bridgehead atoms. The zero-order chi connectivity index (χ0) is 11.5. The lowest BCUT2D eigenvalue weighted by molar-refractivity contribution is 0.0595. The van der Waals surface area contributed by atoms with Crippen molar-refractivity contribution in [3.63, 3.8) is 0 Å². The van der Waals surface area contributed by atoms with Gasteiger partial charge in [-0.25, -0.2) is 9.18 Å². The molecule has 1 aromatic heterocycles. The molecule has 16 heavy (non-hydrogen) atoms. The zero-order valence-electron chi connectivity index (χ0n) is 8.44. The van der Waals surface area contributed by atoms with Crippen LogP contribution in [0.25, 0.3) is 10.4 Å². The van der Waals surface area contributed by atoms with Crippen LogP contribution < -0.4 is 0 Å². The molecule has 0 N–H and O–H groups in total. The zero-order valence-corrected chi connectivity index (χ0v) is 9.25. The lowest BCUT2D eigenvalue weighted by atomic mass is 10.1. The van der Waals surface area contributed by atoms with Crippen molar-refractivity contribution in [1.82, 2.24) is 4.98 Å². The first-order valence-corrected chi connectivity index (χ1v) is 5.37. The molecule has 5 heteroatoms. The van der Waals surface area contributed by atoms with Crippen molar-refractivity contribution in [2.45, 2.75) is 0 Å². The topological polar surface area (TPSA) is 39.2 Å². The minimum absolute atomic E-state index is 0.0595. The molecule has 0 saturated heterocycles. The summed E-state index contributed by atoms with van der Waals surface area (Å²) < 4.78 is 18.0. The Kier molecular flexibility index (Phi) is 2.96. The predicted octanol–water partition coefficient (Wildman–Crippen LogP) is 2.74. The molecule has 0 atom stereocenters. The van der Waals surface area contributed by atoms with Gasteiger partial charge in [0.05, 0.1) is 23.1 Å². The molecule has 0 radical (unpaired) electrons. The van der Waals surface area contributed by atoms with Gasteiger partial charge in [-0.3, -0.25) is 4.98 Å². The number of nitrogens with zero attached hydrogens (tertiary/aromatic N) is 1. The number of rotatable bonds is 2. The van der Waals surface area contributed by atoms with E-state index in [9.17, 15) is 9.18 Å². The summed E-state index contributed by atoms with van der Waals surface area (Å²) in [5.41, 5.74) is 2.31. The van der Waals surface area contributed by atoms with Gasteiger partial charge in [-0.2, -0.15) is 0 Å². The molecule has 0 aliphatic carbocycles. The number of carbonyl (C=O) groups excluding carboxylic acids is 1. The smallest absolute Gasteiger partial charge is 0.340 e. The molecule has 0 aliphatic heterocycles. The molecule has 0 saturated carbocycles. The highest BCUT2D eigenvalue weighted by atomic mass is 32.1. The van der Waals surface area contributed by atoms with E-state index < -0.39 is 11.8 Å². The molecule has 0 aliphatic rings. The molecular formula is C11H8FNO2S. The molecule has 0 fully saturated rings. The fourth-order valence-electron chi connectivity index (χ4n) is 1.30. The quantitative estimate of drug-likeness (QED) is 0.754. The SMILES string of the molecule is COC(=O)c1ccc(-c2cncs2)cc1F. The predicted molar refractivity (Wildman–Crippen MR) is 58.8 cm³/mol. The van der Waals surface area contributed by atoms with Gasteiger partial charge in [-0.15, -0.1) is 11.3 Å². The van der Waals surface area contributed by atoms with Crippen LogP contribution in [0.2, 0.25) is 0 Å². The fourth-order valence-corrected chi connectivity index (χ4v) is 1.92. The Bertz CT molecular complexity index is 511. The third-order valence-corrected chi connectivity index (χ3v) is 2.91. The molecule has 82 valence electrons. The van der Waals surface area contributed by atoms with Gasteiger partial charge in [0.1, 0.15) is 5.82 Å². The van der Waals surface area contributed by atoms with Crippen molar-refractivity contribution >= 4 is 17.3 Å². The van der Waals surface area contributed by atoms with E-state index in [0.29, 0.717) is 5.56 Å². The van der Waals surface area contributed by atoms with Crippen LogP contribution in [-0.2, 0) is 4.74 Å². The number of ether oxygens (including phenoxy) is 1. The van der Waals surface area contributed by atoms with Crippen molar-refractivity contribution in [2.24, 2.45) is 0 Å². The number of benzene rings is 1. The Hall–Kier alpha value is -1.75. The standard InChI is InChI=1S/C11H8FNO2S/c1-15-11(14)8-3-2-7(4-9(8)12)10-5-13-6-16-10/h2-6H,1H3. The summed E-state index contributed by atoms with van der Waals surface area (Å²) in [6.45, 7) is 0. The summed E-state index contributed by atoms with van der Waals surface area (Å²) >= 11 is 1.41. The molecule has 0 amide bonds. The van der Waals surface area contributed by atoms with Gasteiger partial charge < -0.3 is 4.74 Å². The van der Waals surface area contributed by atoms with Crippen molar-refractivity contribution in [2.75, 3.05) is 7.11 Å². The van der Waals surface area contributed by atoms with Gasteiger partial charge in [0.15, 0.2) is 0 Å². The highest BCUT2D eigenvalue weighted by Gasteiger charge is 2.13. The number of thiazole rings is 1. The second-order valence-electron chi connectivity index (χ2n) is 3.05. The summed E-state index contributed by atoms with van der Waals surface area (Å²) in [6.07, 6.45) is 1.65. The largest absolute Gasteiger partial charge is 0.465 e. The second-order valence-corrected chi connectivity index (χ2v) is 3.94. The molecule has 1 heterocycles. The molecule has 0 unspecified atom stereocenters. The van der Waals surface area contributed by atoms with Gasteiger partial charge in [0.25, 0.3) is 0 Å². The molecule has 3 nitrogen and oxygen atoms in total. The number of carbonyl (C=O) groups is 1. The molecule has 2 aromatic rings. The summed E-state index contributed by atoms with van der Waals surface area (Å²) in [4.78, 5) is 15.9. The van der Waals surface area contributed by atoms with Gasteiger partial charge in [0.2, 0.25) is 0 Å². The van der Waals surface area contributed by atoms with Crippen LogP contribution in [0, 0.1) is 5.82 Å². The highest BCUT2D eigenvalue weighted by Crippen LogP contribution is 2.25. The van der Waals surface area contributed by atoms with Crippen LogP contribution in [0.3, 0.4) is 0 Å². The van der Waals surface area contributed by atoms with E-state index >= 15 is 0 Å². The highest BCUT2D eigenvalue weighted by molar-refractivity contribution is 7.13. The minimum atomic E-state index is -0.673. The first-order chi connectivity index (χ1) is 7.72. The van der Waals surface area contributed by atoms with Gasteiger partial charge in [-0.05, 0) is 17.7 Å². The third kappa shape index (κ3) is 1.94. The van der Waals surface area contributed by atoms with Crippen molar-refractivity contribution in [3.05, 3.63) is 41.3 Å². The van der Waals surface area contributed by atoms with E-state index in [-0.39, 0.29) is 5.56 Å². The first-order valence-electron chi connectivity index (χ1n) is 4.49. The number of methoxy groups -OCH3 is 1. The number of esters is 1. The Morgan fingerprint density at radius 2 is 2.31 bits per heavy atom. The Balaban J connectivity index is 2.41. The van der Waals surface area contributed by atoms with E-state index in [1.807, 2.05) is 0 Å². The van der Waals surface area contributed by atoms with Gasteiger partial charge in [-0.1, -0.05) is 6.07 Å². The Morgan fingerprint density at radius 3 is 2.88 bits per heavy atom. The number of halogens is 1. The molecule has 1 aromatic carbocycles. The maximum absolute atomic E-state index is 13.6. The normalized spacial score (nSPS) is 10.1. The summed E-state index contributed by atoms with van der Waals surface area (Å²) in [7, 11) is 1.22. The Labute approximate surface area is 95.5 Å². The van der Waals surface area contributed by atoms with Crippen molar-refractivity contribution in [3.8, 4) is 10.4 Å². The van der Waals surface area contributed by atoms with E-state index in [4.69, 9.17) is 0 Å². The van der Waals surface area contributed by atoms with E-state index in [2.05, 4.69) is 9.72 Å². The number of hydrogen-bond acceptors (Lipinski definition) is 4. The maximum atomic E-state index is 13.6. The van der Waals surface area contributed by atoms with Crippen LogP contribution in [0.5, 0.6) is 0 Å². The first kappa shape index (κ1) is 10.8. The van der Waals surface area contributed by atoms with Gasteiger partial charge >= 0.3 is 5.97 Å². The van der Waals surface area contributed by atoms with E-state index in [1.54, 1.807) is 17.8 Å². The fraction of sp³-hybridized carbons (Fsp3) is 0.0909. The molecule has 0 spiro atoms. The maximum Gasteiger partial charge on any atom is 0.340 e. The van der Waals surface area contributed by atoms with E-state index in [1.165, 1.54) is 30.6 Å². The summed E-state index contributed by atoms with van der Waals surface area (Å²) in [5.74, 6) is -1.26. The average Bonchev–Trinajstić information content (AvgIpc) is 2.81. The Morgan fingerprint density at radius 1 is 1.50 bits per heavy atom. The number of aromatic nitrogens is 1. The minimum Gasteiger partial charge on any atom is -0.465 e. The average molecular weight is 237 g/mol. The lowest BCUT2D eigenvalue weighted by Crippen LogP contribution is -2.04. The lowest BCUT2D eigenvalue weighted by Gasteiger charge is -2.02. The second kappa shape index (κ2) is 4.40. The summed E-state index contributed by atoms with van der Waals surface area (Å²) in [5, 5.41) is 0. The van der Waals surface area contributed by atoms with Crippen LogP contribution in [-0.4, -0.2) is 18.1 Å². The van der Waals surface area contributed by atoms with Crippen LogP contribution in [0.4, 0.5) is 4.39 Å². The van der Waals surface area contributed by atoms with Crippen LogP contribution in [0.15, 0.2) is 29.9 Å². The van der Waals surface area contributed by atoms with Gasteiger partial charge in [0, 0.05) is 6.20 Å². The van der Waals surface area contributed by atoms with E-state index in [0.717, 1.165) is 4.88 Å². The van der Waals surface area contributed by atoms with Crippen LogP contribution in [0.1, 0.15) is 10.4 Å². The molecule has 2 rings (SSSR count).